The monoisotopic (exact) mass is 238 g/mol. The Morgan fingerprint density at radius 3 is 2.41 bits per heavy atom. The van der Waals surface area contributed by atoms with E-state index in [1.165, 1.54) is 32.4 Å². The summed E-state index contributed by atoms with van der Waals surface area (Å²) >= 11 is 0. The zero-order chi connectivity index (χ0) is 12.7. The van der Waals surface area contributed by atoms with Crippen LogP contribution in [0.2, 0.25) is 0 Å². The highest BCUT2D eigenvalue weighted by atomic mass is 15.3. The summed E-state index contributed by atoms with van der Waals surface area (Å²) in [5, 5.41) is 3.76. The number of rotatable bonds is 3. The van der Waals surface area contributed by atoms with Gasteiger partial charge in [0.2, 0.25) is 0 Å². The number of hydrogen-bond acceptors (Lipinski definition) is 2. The second-order valence-corrected chi connectivity index (χ2v) is 7.89. The molecule has 1 heterocycles. The normalized spacial score (nSPS) is 30.5. The molecule has 1 atom stereocenters. The summed E-state index contributed by atoms with van der Waals surface area (Å²) in [7, 11) is 0. The van der Waals surface area contributed by atoms with Crippen LogP contribution in [0.3, 0.4) is 0 Å². The van der Waals surface area contributed by atoms with Gasteiger partial charge >= 0.3 is 0 Å². The largest absolute Gasteiger partial charge is 0.311 e. The molecule has 0 bridgehead atoms. The van der Waals surface area contributed by atoms with Gasteiger partial charge in [0.25, 0.3) is 0 Å². The van der Waals surface area contributed by atoms with Crippen molar-refractivity contribution in [1.29, 1.82) is 0 Å². The van der Waals surface area contributed by atoms with Crippen LogP contribution in [0.4, 0.5) is 0 Å². The van der Waals surface area contributed by atoms with Gasteiger partial charge in [-0.25, -0.2) is 0 Å². The maximum atomic E-state index is 3.76. The van der Waals surface area contributed by atoms with E-state index in [9.17, 15) is 0 Å². The minimum Gasteiger partial charge on any atom is -0.311 e. The molecule has 2 aliphatic rings. The fourth-order valence-corrected chi connectivity index (χ4v) is 2.72. The van der Waals surface area contributed by atoms with Crippen LogP contribution in [0.15, 0.2) is 0 Å². The quantitative estimate of drug-likeness (QED) is 0.813. The first-order chi connectivity index (χ1) is 7.78. The molecule has 0 aromatic heterocycles. The van der Waals surface area contributed by atoms with Crippen LogP contribution in [0.1, 0.15) is 53.9 Å². The van der Waals surface area contributed by atoms with Gasteiger partial charge in [0.15, 0.2) is 0 Å². The van der Waals surface area contributed by atoms with E-state index in [-0.39, 0.29) is 0 Å². The third-order valence-electron chi connectivity index (χ3n) is 4.39. The molecule has 1 aliphatic carbocycles. The first-order valence-electron chi connectivity index (χ1n) is 7.26. The third-order valence-corrected chi connectivity index (χ3v) is 4.39. The van der Waals surface area contributed by atoms with Crippen molar-refractivity contribution in [2.24, 2.45) is 11.3 Å². The smallest absolute Gasteiger partial charge is 0.0278 e. The Bertz CT molecular complexity index is 261. The van der Waals surface area contributed by atoms with Crippen LogP contribution in [-0.4, -0.2) is 36.1 Å². The molecule has 0 aromatic rings. The van der Waals surface area contributed by atoms with Crippen molar-refractivity contribution >= 4 is 0 Å². The van der Waals surface area contributed by atoms with Crippen LogP contribution in [0.25, 0.3) is 0 Å². The van der Waals surface area contributed by atoms with E-state index in [1.54, 1.807) is 0 Å². The standard InChI is InChI=1S/C15H30N2/c1-14(2,3)8-9-17-10-13(12-6-7-12)16-11-15(17,4)5/h12-13,16H,6-11H2,1-5H3. The Balaban J connectivity index is 1.90. The zero-order valence-electron chi connectivity index (χ0n) is 12.3. The van der Waals surface area contributed by atoms with Crippen molar-refractivity contribution in [3.8, 4) is 0 Å². The fourth-order valence-electron chi connectivity index (χ4n) is 2.72. The summed E-state index contributed by atoms with van der Waals surface area (Å²) in [5.74, 6) is 0.975. The molecule has 1 saturated carbocycles. The molecule has 1 saturated heterocycles. The van der Waals surface area contributed by atoms with Gasteiger partial charge in [0.05, 0.1) is 0 Å². The van der Waals surface area contributed by atoms with Crippen molar-refractivity contribution in [1.82, 2.24) is 10.2 Å². The topological polar surface area (TPSA) is 15.3 Å². The van der Waals surface area contributed by atoms with E-state index in [0.717, 1.165) is 18.5 Å². The molecule has 0 amide bonds. The van der Waals surface area contributed by atoms with Gasteiger partial charge in [-0.3, -0.25) is 4.90 Å². The van der Waals surface area contributed by atoms with Crippen LogP contribution < -0.4 is 5.32 Å². The van der Waals surface area contributed by atoms with E-state index in [2.05, 4.69) is 44.8 Å². The summed E-state index contributed by atoms with van der Waals surface area (Å²) in [4.78, 5) is 2.72. The number of piperazine rings is 1. The highest BCUT2D eigenvalue weighted by Gasteiger charge is 2.40. The summed E-state index contributed by atoms with van der Waals surface area (Å²) < 4.78 is 0. The van der Waals surface area contributed by atoms with Crippen LogP contribution in [-0.2, 0) is 0 Å². The lowest BCUT2D eigenvalue weighted by Gasteiger charge is -2.47. The lowest BCUT2D eigenvalue weighted by Crippen LogP contribution is -2.62. The molecule has 0 aromatic carbocycles. The highest BCUT2D eigenvalue weighted by molar-refractivity contribution is 4.98. The van der Waals surface area contributed by atoms with Crippen LogP contribution >= 0.6 is 0 Å². The molecular weight excluding hydrogens is 208 g/mol. The van der Waals surface area contributed by atoms with E-state index >= 15 is 0 Å². The van der Waals surface area contributed by atoms with Crippen molar-refractivity contribution in [2.75, 3.05) is 19.6 Å². The minimum atomic E-state index is 0.330. The van der Waals surface area contributed by atoms with E-state index < -0.39 is 0 Å². The second kappa shape index (κ2) is 4.55. The van der Waals surface area contributed by atoms with E-state index in [4.69, 9.17) is 0 Å². The van der Waals surface area contributed by atoms with Crippen molar-refractivity contribution in [2.45, 2.75) is 65.5 Å². The SMILES string of the molecule is CC(C)(C)CCN1CC(C2CC2)NCC1(C)C. The van der Waals surface area contributed by atoms with E-state index in [0.29, 0.717) is 11.0 Å². The molecule has 0 radical (unpaired) electrons. The van der Waals surface area contributed by atoms with Gasteiger partial charge in [-0.2, -0.15) is 0 Å². The molecule has 100 valence electrons. The number of nitrogens with one attached hydrogen (secondary N) is 1. The molecule has 1 unspecified atom stereocenters. The molecule has 2 rings (SSSR count). The predicted octanol–water partition coefficient (Wildman–Crippen LogP) is 2.89. The van der Waals surface area contributed by atoms with Gasteiger partial charge in [-0.15, -0.1) is 0 Å². The van der Waals surface area contributed by atoms with Gasteiger partial charge in [-0.1, -0.05) is 20.8 Å². The highest BCUT2D eigenvalue weighted by Crippen LogP contribution is 2.36. The number of nitrogens with zero attached hydrogens (tertiary/aromatic N) is 1. The van der Waals surface area contributed by atoms with Gasteiger partial charge < -0.3 is 5.32 Å². The Morgan fingerprint density at radius 1 is 1.24 bits per heavy atom. The molecule has 17 heavy (non-hydrogen) atoms. The summed E-state index contributed by atoms with van der Waals surface area (Å²) in [6.07, 6.45) is 4.20. The van der Waals surface area contributed by atoms with Crippen molar-refractivity contribution < 1.29 is 0 Å². The molecule has 2 heteroatoms. The van der Waals surface area contributed by atoms with E-state index in [1.807, 2.05) is 0 Å². The summed E-state index contributed by atoms with van der Waals surface area (Å²) in [6.45, 7) is 15.5. The molecule has 2 fully saturated rings. The van der Waals surface area contributed by atoms with Crippen LogP contribution in [0.5, 0.6) is 0 Å². The average Bonchev–Trinajstić information content (AvgIpc) is 2.97. The molecule has 0 spiro atoms. The van der Waals surface area contributed by atoms with Gasteiger partial charge in [0.1, 0.15) is 0 Å². The average molecular weight is 238 g/mol. The Labute approximate surface area is 107 Å². The summed E-state index contributed by atoms with van der Waals surface area (Å²) in [5.41, 5.74) is 0.784. The maximum absolute atomic E-state index is 3.76. The van der Waals surface area contributed by atoms with Gasteiger partial charge in [0, 0.05) is 24.7 Å². The lowest BCUT2D eigenvalue weighted by atomic mass is 9.89. The molecular formula is C15H30N2. The van der Waals surface area contributed by atoms with Crippen molar-refractivity contribution in [3.05, 3.63) is 0 Å². The van der Waals surface area contributed by atoms with Crippen molar-refractivity contribution in [3.63, 3.8) is 0 Å². The first kappa shape index (κ1) is 13.4. The molecule has 1 N–H and O–H groups in total. The Morgan fingerprint density at radius 2 is 1.88 bits per heavy atom. The fraction of sp³-hybridized carbons (Fsp3) is 1.00. The minimum absolute atomic E-state index is 0.330. The van der Waals surface area contributed by atoms with Gasteiger partial charge in [-0.05, 0) is 51.0 Å². The predicted molar refractivity (Wildman–Crippen MR) is 74.2 cm³/mol. The summed E-state index contributed by atoms with van der Waals surface area (Å²) in [6, 6.07) is 0.767. The Hall–Kier alpha value is -0.0800. The molecule has 2 nitrogen and oxygen atoms in total. The number of hydrogen-bond donors (Lipinski definition) is 1. The zero-order valence-corrected chi connectivity index (χ0v) is 12.3. The maximum Gasteiger partial charge on any atom is 0.0278 e. The van der Waals surface area contributed by atoms with Crippen LogP contribution in [0, 0.1) is 11.3 Å². The second-order valence-electron chi connectivity index (χ2n) is 7.89. The lowest BCUT2D eigenvalue weighted by molar-refractivity contribution is 0.0510. The first-order valence-corrected chi connectivity index (χ1v) is 7.26. The Kier molecular flexibility index (Phi) is 3.57. The molecule has 1 aliphatic heterocycles. The third kappa shape index (κ3) is 3.69.